The third-order valence-electron chi connectivity index (χ3n) is 3.47. The van der Waals surface area contributed by atoms with Gasteiger partial charge in [0, 0.05) is 22.7 Å². The Bertz CT molecular complexity index is 807. The van der Waals surface area contributed by atoms with E-state index in [0.29, 0.717) is 11.4 Å². The van der Waals surface area contributed by atoms with Gasteiger partial charge in [0.25, 0.3) is 5.69 Å². The maximum absolute atomic E-state index is 12.2. The van der Waals surface area contributed by atoms with Crippen molar-refractivity contribution in [1.82, 2.24) is 0 Å². The number of non-ortho nitro benzene ring substituents is 1. The Morgan fingerprint density at radius 3 is 2.62 bits per heavy atom. The van der Waals surface area contributed by atoms with Crippen molar-refractivity contribution in [1.29, 1.82) is 0 Å². The molecule has 0 aromatic heterocycles. The Morgan fingerprint density at radius 2 is 1.92 bits per heavy atom. The standard InChI is InChI=1S/C16H13N3O4S/c20-15(17-11-5-7-12(8-6-11)19(22)23)9-18-13-3-1-2-4-14(13)24-10-16(18)21/h1-8H,9-10H2,(H,17,20). The van der Waals surface area contributed by atoms with E-state index >= 15 is 0 Å². The van der Waals surface area contributed by atoms with E-state index in [4.69, 9.17) is 0 Å². The van der Waals surface area contributed by atoms with Gasteiger partial charge in [0.2, 0.25) is 11.8 Å². The topological polar surface area (TPSA) is 92.6 Å². The van der Waals surface area contributed by atoms with Crippen LogP contribution in [0.25, 0.3) is 0 Å². The van der Waals surface area contributed by atoms with Crippen molar-refractivity contribution in [2.45, 2.75) is 4.90 Å². The summed E-state index contributed by atoms with van der Waals surface area (Å²) in [6.07, 6.45) is 0. The number of nitro benzene ring substituents is 1. The maximum Gasteiger partial charge on any atom is 0.269 e. The second-order valence-corrected chi connectivity index (χ2v) is 6.11. The third-order valence-corrected chi connectivity index (χ3v) is 4.52. The Kier molecular flexibility index (Phi) is 4.48. The molecule has 2 aromatic rings. The summed E-state index contributed by atoms with van der Waals surface area (Å²) in [5.74, 6) is -0.196. The summed E-state index contributed by atoms with van der Waals surface area (Å²) in [6, 6.07) is 13.0. The van der Waals surface area contributed by atoms with Crippen molar-refractivity contribution >= 4 is 40.6 Å². The van der Waals surface area contributed by atoms with E-state index in [-0.39, 0.29) is 24.0 Å². The molecule has 24 heavy (non-hydrogen) atoms. The normalized spacial score (nSPS) is 13.3. The number of carbonyl (C=O) groups is 2. The summed E-state index contributed by atoms with van der Waals surface area (Å²) < 4.78 is 0. The average molecular weight is 343 g/mol. The Balaban J connectivity index is 1.70. The van der Waals surface area contributed by atoms with Crippen LogP contribution in [0.3, 0.4) is 0 Å². The van der Waals surface area contributed by atoms with Crippen molar-refractivity contribution < 1.29 is 14.5 Å². The van der Waals surface area contributed by atoms with Crippen LogP contribution in [0.2, 0.25) is 0 Å². The molecule has 2 aromatic carbocycles. The molecule has 8 heteroatoms. The van der Waals surface area contributed by atoms with Gasteiger partial charge >= 0.3 is 0 Å². The van der Waals surface area contributed by atoms with Crippen LogP contribution in [-0.4, -0.2) is 29.0 Å². The molecule has 0 saturated heterocycles. The number of nitrogens with zero attached hydrogens (tertiary/aromatic N) is 2. The molecule has 1 N–H and O–H groups in total. The first-order valence-corrected chi connectivity index (χ1v) is 8.09. The zero-order chi connectivity index (χ0) is 17.1. The molecule has 1 heterocycles. The van der Waals surface area contributed by atoms with E-state index in [0.717, 1.165) is 10.6 Å². The molecule has 0 aliphatic carbocycles. The molecular weight excluding hydrogens is 330 g/mol. The fourth-order valence-electron chi connectivity index (χ4n) is 2.34. The van der Waals surface area contributed by atoms with E-state index < -0.39 is 4.92 Å². The highest BCUT2D eigenvalue weighted by molar-refractivity contribution is 8.00. The summed E-state index contributed by atoms with van der Waals surface area (Å²) in [5.41, 5.74) is 1.11. The van der Waals surface area contributed by atoms with Gasteiger partial charge in [0.05, 0.1) is 16.4 Å². The van der Waals surface area contributed by atoms with Crippen molar-refractivity contribution in [3.8, 4) is 0 Å². The van der Waals surface area contributed by atoms with Crippen LogP contribution in [-0.2, 0) is 9.59 Å². The molecule has 0 bridgehead atoms. The molecule has 1 aliphatic heterocycles. The van der Waals surface area contributed by atoms with Crippen LogP contribution in [0.15, 0.2) is 53.4 Å². The summed E-state index contributed by atoms with van der Waals surface area (Å²) in [4.78, 5) is 36.8. The maximum atomic E-state index is 12.2. The number of fused-ring (bicyclic) bond motifs is 1. The first-order valence-electron chi connectivity index (χ1n) is 7.11. The lowest BCUT2D eigenvalue weighted by Crippen LogP contribution is -2.41. The van der Waals surface area contributed by atoms with Crippen molar-refractivity contribution in [2.24, 2.45) is 0 Å². The lowest BCUT2D eigenvalue weighted by molar-refractivity contribution is -0.384. The van der Waals surface area contributed by atoms with Gasteiger partial charge in [-0.2, -0.15) is 0 Å². The number of carbonyl (C=O) groups excluding carboxylic acids is 2. The Hall–Kier alpha value is -2.87. The molecule has 1 aliphatic rings. The fourth-order valence-corrected chi connectivity index (χ4v) is 3.27. The number of para-hydroxylation sites is 1. The molecular formula is C16H13N3O4S. The third kappa shape index (κ3) is 3.38. The minimum absolute atomic E-state index is 0.0508. The van der Waals surface area contributed by atoms with E-state index in [2.05, 4.69) is 5.32 Å². The second kappa shape index (κ2) is 6.71. The predicted molar refractivity (Wildman–Crippen MR) is 91.2 cm³/mol. The number of amides is 2. The SMILES string of the molecule is O=C(CN1C(=O)CSc2ccccc21)Nc1ccc([N+](=O)[O-])cc1. The summed E-state index contributed by atoms with van der Waals surface area (Å²) in [7, 11) is 0. The van der Waals surface area contributed by atoms with Crippen LogP contribution < -0.4 is 10.2 Å². The molecule has 0 radical (unpaired) electrons. The number of nitro groups is 1. The van der Waals surface area contributed by atoms with Gasteiger partial charge in [-0.15, -0.1) is 11.8 Å². The van der Waals surface area contributed by atoms with Gasteiger partial charge < -0.3 is 10.2 Å². The number of hydrogen-bond donors (Lipinski definition) is 1. The number of hydrogen-bond acceptors (Lipinski definition) is 5. The summed E-state index contributed by atoms with van der Waals surface area (Å²) in [5, 5.41) is 13.3. The van der Waals surface area contributed by atoms with Crippen LogP contribution in [0.4, 0.5) is 17.1 Å². The first-order chi connectivity index (χ1) is 11.5. The quantitative estimate of drug-likeness (QED) is 0.680. The van der Waals surface area contributed by atoms with Crippen LogP contribution in [0, 0.1) is 10.1 Å². The van der Waals surface area contributed by atoms with Gasteiger partial charge in [0.1, 0.15) is 6.54 Å². The predicted octanol–water partition coefficient (Wildman–Crippen LogP) is 2.67. The molecule has 3 rings (SSSR count). The van der Waals surface area contributed by atoms with E-state index in [1.54, 1.807) is 6.07 Å². The Labute approximate surface area is 141 Å². The van der Waals surface area contributed by atoms with E-state index in [1.807, 2.05) is 18.2 Å². The van der Waals surface area contributed by atoms with Crippen LogP contribution >= 0.6 is 11.8 Å². The summed E-state index contributed by atoms with van der Waals surface area (Å²) >= 11 is 1.45. The van der Waals surface area contributed by atoms with Crippen molar-refractivity contribution in [3.05, 3.63) is 58.6 Å². The van der Waals surface area contributed by atoms with Crippen LogP contribution in [0.1, 0.15) is 0 Å². The number of benzene rings is 2. The first kappa shape index (κ1) is 16.0. The molecule has 2 amide bonds. The van der Waals surface area contributed by atoms with Gasteiger partial charge in [-0.25, -0.2) is 0 Å². The van der Waals surface area contributed by atoms with E-state index in [9.17, 15) is 19.7 Å². The highest BCUT2D eigenvalue weighted by Crippen LogP contribution is 2.34. The molecule has 0 atom stereocenters. The minimum Gasteiger partial charge on any atom is -0.325 e. The van der Waals surface area contributed by atoms with Gasteiger partial charge in [0.15, 0.2) is 0 Å². The van der Waals surface area contributed by atoms with Crippen molar-refractivity contribution in [3.63, 3.8) is 0 Å². The van der Waals surface area contributed by atoms with Gasteiger partial charge in [-0.1, -0.05) is 12.1 Å². The Morgan fingerprint density at radius 1 is 1.21 bits per heavy atom. The monoisotopic (exact) mass is 343 g/mol. The second-order valence-electron chi connectivity index (χ2n) is 5.09. The summed E-state index contributed by atoms with van der Waals surface area (Å²) in [6.45, 7) is -0.104. The molecule has 0 spiro atoms. The lowest BCUT2D eigenvalue weighted by atomic mass is 10.2. The minimum atomic E-state index is -0.507. The van der Waals surface area contributed by atoms with Gasteiger partial charge in [-0.3, -0.25) is 19.7 Å². The number of nitrogens with one attached hydrogen (secondary N) is 1. The average Bonchev–Trinajstić information content (AvgIpc) is 2.58. The molecule has 0 saturated carbocycles. The lowest BCUT2D eigenvalue weighted by Gasteiger charge is -2.28. The number of anilines is 2. The number of rotatable bonds is 4. The zero-order valence-electron chi connectivity index (χ0n) is 12.5. The van der Waals surface area contributed by atoms with Crippen LogP contribution in [0.5, 0.6) is 0 Å². The molecule has 7 nitrogen and oxygen atoms in total. The smallest absolute Gasteiger partial charge is 0.269 e. The van der Waals surface area contributed by atoms with Gasteiger partial charge in [-0.05, 0) is 24.3 Å². The molecule has 0 fully saturated rings. The fraction of sp³-hybridized carbons (Fsp3) is 0.125. The highest BCUT2D eigenvalue weighted by Gasteiger charge is 2.26. The highest BCUT2D eigenvalue weighted by atomic mass is 32.2. The van der Waals surface area contributed by atoms with Crippen molar-refractivity contribution in [2.75, 3.05) is 22.5 Å². The molecule has 0 unspecified atom stereocenters. The zero-order valence-corrected chi connectivity index (χ0v) is 13.3. The van der Waals surface area contributed by atoms with E-state index in [1.165, 1.54) is 40.9 Å². The largest absolute Gasteiger partial charge is 0.325 e. The number of thioether (sulfide) groups is 1. The molecule has 122 valence electrons.